The maximum atomic E-state index is 4.38. The zero-order chi connectivity index (χ0) is 12.7. The Morgan fingerprint density at radius 1 is 1.32 bits per heavy atom. The van der Waals surface area contributed by atoms with E-state index >= 15 is 0 Å². The van der Waals surface area contributed by atoms with Crippen LogP contribution in [0.15, 0.2) is 23.7 Å². The van der Waals surface area contributed by atoms with Gasteiger partial charge in [-0.15, -0.1) is 11.3 Å². The van der Waals surface area contributed by atoms with Gasteiger partial charge in [-0.1, -0.05) is 6.07 Å². The van der Waals surface area contributed by atoms with Crippen molar-refractivity contribution in [2.45, 2.75) is 12.8 Å². The zero-order valence-electron chi connectivity index (χ0n) is 11.0. The molecule has 3 nitrogen and oxygen atoms in total. The molecular formula is C15H19N3S. The summed E-state index contributed by atoms with van der Waals surface area (Å²) in [5, 5.41) is 3.67. The molecule has 0 amide bonds. The largest absolute Gasteiger partial charge is 0.384 e. The van der Waals surface area contributed by atoms with Gasteiger partial charge in [-0.3, -0.25) is 0 Å². The molecule has 19 heavy (non-hydrogen) atoms. The lowest BCUT2D eigenvalue weighted by atomic mass is 9.79. The second-order valence-electron chi connectivity index (χ2n) is 5.79. The average molecular weight is 273 g/mol. The summed E-state index contributed by atoms with van der Waals surface area (Å²) in [6, 6.07) is 6.37. The molecule has 0 radical (unpaired) electrons. The monoisotopic (exact) mass is 273 g/mol. The topological polar surface area (TPSA) is 28.2 Å². The van der Waals surface area contributed by atoms with Crippen molar-refractivity contribution in [3.63, 3.8) is 0 Å². The van der Waals surface area contributed by atoms with Crippen molar-refractivity contribution >= 4 is 27.2 Å². The molecule has 1 aromatic carbocycles. The number of fused-ring (bicyclic) bond motifs is 4. The molecule has 1 aromatic heterocycles. The summed E-state index contributed by atoms with van der Waals surface area (Å²) in [6.07, 6.45) is 2.80. The van der Waals surface area contributed by atoms with Crippen LogP contribution in [0.25, 0.3) is 10.2 Å². The van der Waals surface area contributed by atoms with Gasteiger partial charge in [0.05, 0.1) is 21.4 Å². The minimum atomic E-state index is 0.825. The number of anilines is 1. The number of thiazole rings is 1. The first-order valence-corrected chi connectivity index (χ1v) is 8.06. The van der Waals surface area contributed by atoms with E-state index in [0.29, 0.717) is 0 Å². The van der Waals surface area contributed by atoms with E-state index in [4.69, 9.17) is 0 Å². The average Bonchev–Trinajstić information content (AvgIpc) is 2.95. The quantitative estimate of drug-likeness (QED) is 0.931. The number of hydrogen-bond acceptors (Lipinski definition) is 4. The molecule has 2 bridgehead atoms. The normalized spacial score (nSPS) is 29.8. The smallest absolute Gasteiger partial charge is 0.0833 e. The molecule has 1 N–H and O–H groups in total. The third-order valence-corrected chi connectivity index (χ3v) is 5.58. The second kappa shape index (κ2) is 4.76. The standard InChI is InChI=1S/C15H19N3S/c1-2-13(15-14(3-1)17-10-19-15)16-8-12-9-18-6-4-11(12)5-7-18/h1-3,10-12,16H,4-9H2. The zero-order valence-corrected chi connectivity index (χ0v) is 11.8. The Hall–Kier alpha value is -1.13. The predicted octanol–water partition coefficient (Wildman–Crippen LogP) is 3.05. The number of aromatic nitrogens is 1. The molecule has 0 spiro atoms. The number of rotatable bonds is 3. The second-order valence-corrected chi connectivity index (χ2v) is 6.64. The van der Waals surface area contributed by atoms with Gasteiger partial charge in [-0.25, -0.2) is 4.98 Å². The lowest BCUT2D eigenvalue weighted by Crippen LogP contribution is -2.49. The van der Waals surface area contributed by atoms with E-state index in [9.17, 15) is 0 Å². The Labute approximate surface area is 117 Å². The van der Waals surface area contributed by atoms with Gasteiger partial charge < -0.3 is 10.2 Å². The lowest BCUT2D eigenvalue weighted by Gasteiger charge is -2.45. The van der Waals surface area contributed by atoms with Gasteiger partial charge in [0.2, 0.25) is 0 Å². The first kappa shape index (κ1) is 11.7. The third kappa shape index (κ3) is 2.13. The Morgan fingerprint density at radius 3 is 3.00 bits per heavy atom. The van der Waals surface area contributed by atoms with Crippen molar-refractivity contribution in [1.29, 1.82) is 0 Å². The number of piperidine rings is 3. The molecule has 3 saturated heterocycles. The van der Waals surface area contributed by atoms with Crippen molar-refractivity contribution in [1.82, 2.24) is 9.88 Å². The van der Waals surface area contributed by atoms with Crippen LogP contribution in [0.5, 0.6) is 0 Å². The minimum Gasteiger partial charge on any atom is -0.384 e. The molecule has 0 aliphatic carbocycles. The Kier molecular flexibility index (Phi) is 2.93. The van der Waals surface area contributed by atoms with E-state index in [1.165, 1.54) is 42.9 Å². The highest BCUT2D eigenvalue weighted by atomic mass is 32.1. The summed E-state index contributed by atoms with van der Waals surface area (Å²) in [5.41, 5.74) is 4.31. The highest BCUT2D eigenvalue weighted by molar-refractivity contribution is 7.17. The maximum Gasteiger partial charge on any atom is 0.0833 e. The van der Waals surface area contributed by atoms with Gasteiger partial charge in [-0.2, -0.15) is 0 Å². The van der Waals surface area contributed by atoms with Crippen molar-refractivity contribution in [3.8, 4) is 0 Å². The number of nitrogens with zero attached hydrogens (tertiary/aromatic N) is 2. The van der Waals surface area contributed by atoms with Crippen LogP contribution in [0.3, 0.4) is 0 Å². The van der Waals surface area contributed by atoms with Gasteiger partial charge in [0.1, 0.15) is 0 Å². The summed E-state index contributed by atoms with van der Waals surface area (Å²) >= 11 is 1.73. The van der Waals surface area contributed by atoms with Crippen molar-refractivity contribution in [2.75, 3.05) is 31.5 Å². The van der Waals surface area contributed by atoms with Crippen molar-refractivity contribution in [2.24, 2.45) is 11.8 Å². The first-order valence-electron chi connectivity index (χ1n) is 7.18. The van der Waals surface area contributed by atoms with E-state index in [2.05, 4.69) is 33.4 Å². The molecule has 0 saturated carbocycles. The van der Waals surface area contributed by atoms with E-state index in [1.807, 2.05) is 5.51 Å². The number of nitrogens with one attached hydrogen (secondary N) is 1. The molecule has 5 rings (SSSR count). The van der Waals surface area contributed by atoms with E-state index in [0.717, 1.165) is 23.9 Å². The molecule has 3 aliphatic heterocycles. The molecular weight excluding hydrogens is 254 g/mol. The van der Waals surface area contributed by atoms with E-state index < -0.39 is 0 Å². The summed E-state index contributed by atoms with van der Waals surface area (Å²) in [7, 11) is 0. The molecule has 1 unspecified atom stereocenters. The van der Waals surface area contributed by atoms with Gasteiger partial charge >= 0.3 is 0 Å². The van der Waals surface area contributed by atoms with Crippen LogP contribution in [-0.4, -0.2) is 36.1 Å². The van der Waals surface area contributed by atoms with E-state index in [1.54, 1.807) is 11.3 Å². The maximum absolute atomic E-state index is 4.38. The number of hydrogen-bond donors (Lipinski definition) is 1. The fraction of sp³-hybridized carbons (Fsp3) is 0.533. The van der Waals surface area contributed by atoms with E-state index in [-0.39, 0.29) is 0 Å². The van der Waals surface area contributed by atoms with Crippen LogP contribution in [0, 0.1) is 11.8 Å². The van der Waals surface area contributed by atoms with Crippen LogP contribution in [0.1, 0.15) is 12.8 Å². The molecule has 3 fully saturated rings. The molecule has 100 valence electrons. The first-order chi connectivity index (χ1) is 9.40. The van der Waals surface area contributed by atoms with Gasteiger partial charge in [0.25, 0.3) is 0 Å². The fourth-order valence-corrected chi connectivity index (χ4v) is 4.37. The highest BCUT2D eigenvalue weighted by Gasteiger charge is 2.33. The SMILES string of the molecule is c1cc(NCC2CN3CCC2CC3)c2scnc2c1. The minimum absolute atomic E-state index is 0.825. The van der Waals surface area contributed by atoms with Gasteiger partial charge in [0.15, 0.2) is 0 Å². The van der Waals surface area contributed by atoms with Crippen LogP contribution >= 0.6 is 11.3 Å². The molecule has 4 heteroatoms. The molecule has 2 aromatic rings. The summed E-state index contributed by atoms with van der Waals surface area (Å²) in [5.74, 6) is 1.77. The highest BCUT2D eigenvalue weighted by Crippen LogP contribution is 2.33. The third-order valence-electron chi connectivity index (χ3n) is 4.70. The summed E-state index contributed by atoms with van der Waals surface area (Å²) in [4.78, 5) is 7.01. The van der Waals surface area contributed by atoms with Crippen LogP contribution < -0.4 is 5.32 Å². The van der Waals surface area contributed by atoms with Gasteiger partial charge in [0, 0.05) is 13.1 Å². The molecule has 3 aliphatic rings. The van der Waals surface area contributed by atoms with Crippen LogP contribution in [0.4, 0.5) is 5.69 Å². The van der Waals surface area contributed by atoms with Crippen molar-refractivity contribution in [3.05, 3.63) is 23.7 Å². The van der Waals surface area contributed by atoms with Gasteiger partial charge in [-0.05, 0) is 49.9 Å². The Bertz CT molecular complexity index is 572. The predicted molar refractivity (Wildman–Crippen MR) is 80.8 cm³/mol. The summed E-state index contributed by atoms with van der Waals surface area (Å²) in [6.45, 7) is 5.05. The summed E-state index contributed by atoms with van der Waals surface area (Å²) < 4.78 is 1.30. The molecule has 4 heterocycles. The number of benzene rings is 1. The van der Waals surface area contributed by atoms with Crippen molar-refractivity contribution < 1.29 is 0 Å². The van der Waals surface area contributed by atoms with Crippen LogP contribution in [0.2, 0.25) is 0 Å². The molecule has 1 atom stereocenters. The Morgan fingerprint density at radius 2 is 2.21 bits per heavy atom. The lowest BCUT2D eigenvalue weighted by molar-refractivity contribution is 0.0574. The van der Waals surface area contributed by atoms with Crippen LogP contribution in [-0.2, 0) is 0 Å². The Balaban J connectivity index is 1.49. The fourth-order valence-electron chi connectivity index (χ4n) is 3.59.